The van der Waals surface area contributed by atoms with Crippen LogP contribution in [0.3, 0.4) is 0 Å². The zero-order valence-electron chi connectivity index (χ0n) is 24.4. The molecule has 250 valence electrons. The Bertz CT molecular complexity index is 1540. The van der Waals surface area contributed by atoms with Crippen LogP contribution in [0.4, 0.5) is 26.3 Å². The Hall–Kier alpha value is -3.09. The summed E-state index contributed by atoms with van der Waals surface area (Å²) in [5.74, 6) is -0.850. The predicted molar refractivity (Wildman–Crippen MR) is 173 cm³/mol. The number of benzene rings is 3. The third kappa shape index (κ3) is 9.95. The normalized spacial score (nSPS) is 15.4. The van der Waals surface area contributed by atoms with Crippen LogP contribution in [0.15, 0.2) is 85.2 Å². The Morgan fingerprint density at radius 3 is 2.11 bits per heavy atom. The van der Waals surface area contributed by atoms with E-state index in [0.29, 0.717) is 51.3 Å². The minimum atomic E-state index is -5.04. The maximum atomic E-state index is 13.6. The Kier molecular flexibility index (Phi) is 14.1. The summed E-state index contributed by atoms with van der Waals surface area (Å²) in [7, 11) is 0. The van der Waals surface area contributed by atoms with Gasteiger partial charge in [0.25, 0.3) is 5.91 Å². The van der Waals surface area contributed by atoms with Gasteiger partial charge in [0.05, 0.1) is 11.1 Å². The largest absolute Gasteiger partial charge is 0.416 e. The SMILES string of the molecule is Cl.Cl.Cl.O=C(c1cc(C(F)(F)F)cc(C(F)(F)F)c1)N1CCN(CCNCc2cccnc2)CC1Cc1ccc2ccccc2c1. The van der Waals surface area contributed by atoms with Crippen molar-refractivity contribution < 1.29 is 31.1 Å². The van der Waals surface area contributed by atoms with E-state index in [0.717, 1.165) is 21.9 Å². The first-order valence-electron chi connectivity index (χ1n) is 13.9. The zero-order chi connectivity index (χ0) is 30.6. The van der Waals surface area contributed by atoms with Crippen LogP contribution >= 0.6 is 37.2 Å². The van der Waals surface area contributed by atoms with Crippen molar-refractivity contribution in [3.05, 3.63) is 113 Å². The molecular formula is C32H33Cl3F6N4O. The van der Waals surface area contributed by atoms with E-state index in [1.807, 2.05) is 54.6 Å². The van der Waals surface area contributed by atoms with Crippen molar-refractivity contribution >= 4 is 53.9 Å². The van der Waals surface area contributed by atoms with Crippen molar-refractivity contribution in [1.82, 2.24) is 20.1 Å². The van der Waals surface area contributed by atoms with Crippen LogP contribution < -0.4 is 5.32 Å². The minimum Gasteiger partial charge on any atom is -0.333 e. The van der Waals surface area contributed by atoms with Crippen molar-refractivity contribution in [1.29, 1.82) is 0 Å². The van der Waals surface area contributed by atoms with E-state index in [9.17, 15) is 31.1 Å². The Balaban J connectivity index is 0.00000245. The minimum absolute atomic E-state index is 0. The van der Waals surface area contributed by atoms with E-state index in [1.165, 1.54) is 4.90 Å². The van der Waals surface area contributed by atoms with Crippen LogP contribution in [-0.2, 0) is 25.3 Å². The van der Waals surface area contributed by atoms with E-state index < -0.39 is 41.0 Å². The molecule has 1 amide bonds. The second-order valence-corrected chi connectivity index (χ2v) is 10.7. The van der Waals surface area contributed by atoms with Gasteiger partial charge in [-0.2, -0.15) is 26.3 Å². The molecule has 14 heteroatoms. The van der Waals surface area contributed by atoms with E-state index in [-0.39, 0.29) is 49.8 Å². The van der Waals surface area contributed by atoms with Crippen LogP contribution in [-0.4, -0.2) is 59.5 Å². The first-order valence-corrected chi connectivity index (χ1v) is 13.9. The monoisotopic (exact) mass is 708 g/mol. The van der Waals surface area contributed by atoms with Crippen LogP contribution in [0.1, 0.15) is 32.6 Å². The number of hydrogen-bond acceptors (Lipinski definition) is 4. The molecule has 4 aromatic rings. The van der Waals surface area contributed by atoms with Gasteiger partial charge in [0.1, 0.15) is 0 Å². The Morgan fingerprint density at radius 1 is 0.804 bits per heavy atom. The number of nitrogens with one attached hydrogen (secondary N) is 1. The molecule has 1 saturated heterocycles. The second-order valence-electron chi connectivity index (χ2n) is 10.7. The van der Waals surface area contributed by atoms with Gasteiger partial charge in [-0.25, -0.2) is 0 Å². The third-order valence-electron chi connectivity index (χ3n) is 7.60. The van der Waals surface area contributed by atoms with E-state index >= 15 is 0 Å². The van der Waals surface area contributed by atoms with Gasteiger partial charge in [0, 0.05) is 63.3 Å². The number of fused-ring (bicyclic) bond motifs is 1. The summed E-state index contributed by atoms with van der Waals surface area (Å²) in [6, 6.07) is 18.1. The van der Waals surface area contributed by atoms with Gasteiger partial charge < -0.3 is 10.2 Å². The van der Waals surface area contributed by atoms with Gasteiger partial charge in [-0.05, 0) is 52.6 Å². The molecular weight excluding hydrogens is 677 g/mol. The first kappa shape index (κ1) is 39.1. The highest BCUT2D eigenvalue weighted by molar-refractivity contribution is 5.95. The molecule has 1 atom stereocenters. The topological polar surface area (TPSA) is 48.5 Å². The highest BCUT2D eigenvalue weighted by Crippen LogP contribution is 2.37. The molecule has 1 unspecified atom stereocenters. The van der Waals surface area contributed by atoms with E-state index in [4.69, 9.17) is 0 Å². The van der Waals surface area contributed by atoms with Gasteiger partial charge in [-0.15, -0.1) is 37.2 Å². The van der Waals surface area contributed by atoms with Crippen molar-refractivity contribution in [3.8, 4) is 0 Å². The number of rotatable bonds is 8. The summed E-state index contributed by atoms with van der Waals surface area (Å²) in [5, 5.41) is 5.39. The number of carbonyl (C=O) groups is 1. The molecule has 1 aliphatic rings. The van der Waals surface area contributed by atoms with Gasteiger partial charge in [0.15, 0.2) is 0 Å². The summed E-state index contributed by atoms with van der Waals surface area (Å²) in [6.07, 6.45) is -6.22. The van der Waals surface area contributed by atoms with Crippen molar-refractivity contribution in [2.45, 2.75) is 31.4 Å². The molecule has 0 saturated carbocycles. The number of carbonyl (C=O) groups excluding carboxylic acids is 1. The number of amides is 1. The van der Waals surface area contributed by atoms with Crippen LogP contribution in [0, 0.1) is 0 Å². The van der Waals surface area contributed by atoms with Crippen LogP contribution in [0.2, 0.25) is 0 Å². The lowest BCUT2D eigenvalue weighted by Crippen LogP contribution is -2.56. The Labute approximate surface area is 281 Å². The van der Waals surface area contributed by atoms with Gasteiger partial charge in [0.2, 0.25) is 0 Å². The lowest BCUT2D eigenvalue weighted by molar-refractivity contribution is -0.143. The number of aromatic nitrogens is 1. The van der Waals surface area contributed by atoms with E-state index in [2.05, 4.69) is 15.2 Å². The molecule has 5 rings (SSSR count). The molecule has 1 fully saturated rings. The number of hydrogen-bond donors (Lipinski definition) is 1. The summed E-state index contributed by atoms with van der Waals surface area (Å²) < 4.78 is 81.2. The Morgan fingerprint density at radius 2 is 1.48 bits per heavy atom. The lowest BCUT2D eigenvalue weighted by Gasteiger charge is -2.42. The summed E-state index contributed by atoms with van der Waals surface area (Å²) in [6.45, 7) is 2.94. The lowest BCUT2D eigenvalue weighted by atomic mass is 9.97. The fraction of sp³-hybridized carbons (Fsp3) is 0.312. The molecule has 0 radical (unpaired) electrons. The number of halogens is 9. The molecule has 46 heavy (non-hydrogen) atoms. The van der Waals surface area contributed by atoms with Crippen LogP contribution in [0.25, 0.3) is 10.8 Å². The molecule has 0 aliphatic carbocycles. The van der Waals surface area contributed by atoms with Crippen molar-refractivity contribution in [2.24, 2.45) is 0 Å². The quantitative estimate of drug-likeness (QED) is 0.151. The fourth-order valence-electron chi connectivity index (χ4n) is 5.42. The standard InChI is InChI=1S/C32H30F6N4O.3ClH/c33-31(34,35)27-16-26(17-28(18-27)32(36,37)38)30(43)42-13-12-41(11-10-40-20-23-4-3-9-39-19-23)21-29(42)15-22-7-8-24-5-1-2-6-25(24)14-22;;;/h1-9,14,16-19,29,40H,10-13,15,20-21H2;3*1H. The van der Waals surface area contributed by atoms with Gasteiger partial charge >= 0.3 is 12.4 Å². The highest BCUT2D eigenvalue weighted by Gasteiger charge is 2.39. The highest BCUT2D eigenvalue weighted by atomic mass is 35.5. The molecule has 0 spiro atoms. The fourth-order valence-corrected chi connectivity index (χ4v) is 5.42. The van der Waals surface area contributed by atoms with E-state index in [1.54, 1.807) is 12.4 Å². The average Bonchev–Trinajstić information content (AvgIpc) is 2.98. The number of pyridine rings is 1. The van der Waals surface area contributed by atoms with Crippen molar-refractivity contribution in [2.75, 3.05) is 32.7 Å². The number of alkyl halides is 6. The molecule has 1 aliphatic heterocycles. The maximum Gasteiger partial charge on any atom is 0.416 e. The molecule has 1 aromatic heterocycles. The zero-order valence-corrected chi connectivity index (χ0v) is 26.8. The molecule has 5 nitrogen and oxygen atoms in total. The average molecular weight is 710 g/mol. The molecule has 0 bridgehead atoms. The maximum absolute atomic E-state index is 13.6. The van der Waals surface area contributed by atoms with Crippen molar-refractivity contribution in [3.63, 3.8) is 0 Å². The molecule has 3 aromatic carbocycles. The summed E-state index contributed by atoms with van der Waals surface area (Å²) in [4.78, 5) is 21.3. The van der Waals surface area contributed by atoms with Gasteiger partial charge in [-0.3, -0.25) is 14.7 Å². The summed E-state index contributed by atoms with van der Waals surface area (Å²) >= 11 is 0. The molecule has 2 heterocycles. The van der Waals surface area contributed by atoms with Gasteiger partial charge in [-0.1, -0.05) is 48.5 Å². The smallest absolute Gasteiger partial charge is 0.333 e. The third-order valence-corrected chi connectivity index (χ3v) is 7.60. The first-order chi connectivity index (χ1) is 20.5. The number of piperazine rings is 1. The van der Waals surface area contributed by atoms with Crippen LogP contribution in [0.5, 0.6) is 0 Å². The predicted octanol–water partition coefficient (Wildman–Crippen LogP) is 7.70. The second kappa shape index (κ2) is 16.6. The number of nitrogens with zero attached hydrogens (tertiary/aromatic N) is 3. The summed E-state index contributed by atoms with van der Waals surface area (Å²) in [5.41, 5.74) is -1.69. The molecule has 1 N–H and O–H groups in total.